The summed E-state index contributed by atoms with van der Waals surface area (Å²) in [5.74, 6) is 0.629. The van der Waals surface area contributed by atoms with Gasteiger partial charge in [0.15, 0.2) is 0 Å². The van der Waals surface area contributed by atoms with Crippen LogP contribution < -0.4 is 0 Å². The van der Waals surface area contributed by atoms with E-state index in [0.717, 1.165) is 39.4 Å². The Morgan fingerprint density at radius 2 is 1.95 bits per heavy atom. The molecule has 2 atom stereocenters. The van der Waals surface area contributed by atoms with Crippen molar-refractivity contribution >= 4 is 0 Å². The fourth-order valence-corrected chi connectivity index (χ4v) is 3.55. The fourth-order valence-electron chi connectivity index (χ4n) is 3.55. The van der Waals surface area contributed by atoms with Gasteiger partial charge in [-0.2, -0.15) is 5.10 Å². The highest BCUT2D eigenvalue weighted by Crippen LogP contribution is 2.22. The van der Waals surface area contributed by atoms with Crippen molar-refractivity contribution in [2.45, 2.75) is 26.4 Å². The Balaban J connectivity index is 1.77. The Bertz CT molecular complexity index is 484. The van der Waals surface area contributed by atoms with Crippen LogP contribution in [-0.2, 0) is 18.3 Å². The minimum Gasteiger partial charge on any atom is -0.379 e. The number of nitrogens with zero attached hydrogens (tertiary/aromatic N) is 4. The zero-order valence-electron chi connectivity index (χ0n) is 13.1. The van der Waals surface area contributed by atoms with Gasteiger partial charge in [-0.05, 0) is 20.9 Å². The molecule has 0 radical (unpaired) electrons. The first-order valence-corrected chi connectivity index (χ1v) is 7.54. The highest BCUT2D eigenvalue weighted by atomic mass is 16.5. The third-order valence-electron chi connectivity index (χ3n) is 4.86. The van der Waals surface area contributed by atoms with Crippen LogP contribution in [0.2, 0.25) is 0 Å². The Morgan fingerprint density at radius 3 is 2.65 bits per heavy atom. The van der Waals surface area contributed by atoms with Gasteiger partial charge in [-0.3, -0.25) is 14.5 Å². The van der Waals surface area contributed by atoms with Crippen molar-refractivity contribution in [1.29, 1.82) is 0 Å². The summed E-state index contributed by atoms with van der Waals surface area (Å²) in [5.41, 5.74) is 3.86. The quantitative estimate of drug-likeness (QED) is 0.801. The normalized spacial score (nSPS) is 28.6. The molecule has 0 spiro atoms. The van der Waals surface area contributed by atoms with Gasteiger partial charge in [0.1, 0.15) is 0 Å². The third-order valence-corrected chi connectivity index (χ3v) is 4.86. The molecule has 20 heavy (non-hydrogen) atoms. The Labute approximate surface area is 121 Å². The predicted octanol–water partition coefficient (Wildman–Crippen LogP) is 0.799. The summed E-state index contributed by atoms with van der Waals surface area (Å²) in [4.78, 5) is 5.07. The van der Waals surface area contributed by atoms with Crippen molar-refractivity contribution in [3.05, 3.63) is 17.0 Å². The smallest absolute Gasteiger partial charge is 0.0641 e. The zero-order chi connectivity index (χ0) is 14.3. The number of aromatic nitrogens is 2. The molecule has 5 nitrogen and oxygen atoms in total. The monoisotopic (exact) mass is 278 g/mol. The number of hydrogen-bond acceptors (Lipinski definition) is 4. The minimum atomic E-state index is 0.528. The van der Waals surface area contributed by atoms with Crippen molar-refractivity contribution in [3.8, 4) is 0 Å². The average molecular weight is 278 g/mol. The number of rotatable bonds is 2. The summed E-state index contributed by atoms with van der Waals surface area (Å²) in [5, 5.41) is 4.54. The second-order valence-corrected chi connectivity index (χ2v) is 6.46. The van der Waals surface area contributed by atoms with Gasteiger partial charge in [0.05, 0.1) is 18.9 Å². The van der Waals surface area contributed by atoms with Crippen LogP contribution in [0.4, 0.5) is 0 Å². The molecular formula is C15H26N4O. The molecule has 0 aliphatic carbocycles. The molecule has 3 rings (SSSR count). The Hall–Kier alpha value is -0.910. The molecular weight excluding hydrogens is 252 g/mol. The van der Waals surface area contributed by atoms with Gasteiger partial charge in [-0.1, -0.05) is 0 Å². The third kappa shape index (κ3) is 2.62. The topological polar surface area (TPSA) is 33.5 Å². The SMILES string of the molecule is Cc1nn(C)c(C)c1CN1C[C@@H]2COC[C@H](C1)N(C)C2. The van der Waals surface area contributed by atoms with Crippen molar-refractivity contribution < 1.29 is 4.74 Å². The summed E-state index contributed by atoms with van der Waals surface area (Å²) < 4.78 is 7.80. The van der Waals surface area contributed by atoms with Gasteiger partial charge in [-0.15, -0.1) is 0 Å². The van der Waals surface area contributed by atoms with E-state index in [1.165, 1.54) is 17.0 Å². The fraction of sp³-hybridized carbons (Fsp3) is 0.800. The van der Waals surface area contributed by atoms with Crippen molar-refractivity contribution in [3.63, 3.8) is 0 Å². The Morgan fingerprint density at radius 1 is 1.15 bits per heavy atom. The van der Waals surface area contributed by atoms with E-state index in [-0.39, 0.29) is 0 Å². The molecule has 5 heteroatoms. The first-order chi connectivity index (χ1) is 9.54. The lowest BCUT2D eigenvalue weighted by atomic mass is 10.1. The van der Waals surface area contributed by atoms with E-state index in [2.05, 4.69) is 35.8 Å². The van der Waals surface area contributed by atoms with Gasteiger partial charge in [-0.25, -0.2) is 0 Å². The van der Waals surface area contributed by atoms with E-state index in [4.69, 9.17) is 4.74 Å². The molecule has 0 N–H and O–H groups in total. The van der Waals surface area contributed by atoms with Crippen molar-refractivity contribution in [2.24, 2.45) is 13.0 Å². The lowest BCUT2D eigenvalue weighted by Gasteiger charge is -2.29. The molecule has 0 aromatic carbocycles. The molecule has 2 bridgehead atoms. The summed E-state index contributed by atoms with van der Waals surface area (Å²) in [6, 6.07) is 0.528. The average Bonchev–Trinajstić information content (AvgIpc) is 2.55. The van der Waals surface area contributed by atoms with Crippen LogP contribution in [0, 0.1) is 19.8 Å². The molecule has 2 aliphatic rings. The first kappa shape index (κ1) is 14.0. The van der Waals surface area contributed by atoms with Crippen LogP contribution in [0.15, 0.2) is 0 Å². The molecule has 112 valence electrons. The maximum absolute atomic E-state index is 5.80. The highest BCUT2D eigenvalue weighted by molar-refractivity contribution is 5.24. The zero-order valence-corrected chi connectivity index (χ0v) is 13.1. The molecule has 0 saturated carbocycles. The second-order valence-electron chi connectivity index (χ2n) is 6.46. The number of likely N-dealkylation sites (N-methyl/N-ethyl adjacent to an activating group) is 1. The summed E-state index contributed by atoms with van der Waals surface area (Å²) in [7, 11) is 4.26. The number of hydrogen-bond donors (Lipinski definition) is 0. The van der Waals surface area contributed by atoms with Gasteiger partial charge in [0.25, 0.3) is 0 Å². The first-order valence-electron chi connectivity index (χ1n) is 7.54. The summed E-state index contributed by atoms with van der Waals surface area (Å²) >= 11 is 0. The van der Waals surface area contributed by atoms with Crippen LogP contribution in [0.3, 0.4) is 0 Å². The van der Waals surface area contributed by atoms with Gasteiger partial charge in [0.2, 0.25) is 0 Å². The second kappa shape index (κ2) is 5.47. The minimum absolute atomic E-state index is 0.528. The number of fused-ring (bicyclic) bond motifs is 3. The van der Waals surface area contributed by atoms with Crippen molar-refractivity contribution in [2.75, 3.05) is 39.9 Å². The molecule has 2 saturated heterocycles. The Kier molecular flexibility index (Phi) is 3.84. The molecule has 3 heterocycles. The standard InChI is InChI=1S/C15H26N4O/c1-11-15(12(2)18(4)16-11)8-19-6-13-5-17(3)14(7-19)10-20-9-13/h13-14H,5-10H2,1-4H3/t13-,14+/m1/s1. The largest absolute Gasteiger partial charge is 0.379 e. The van der Waals surface area contributed by atoms with E-state index >= 15 is 0 Å². The van der Waals surface area contributed by atoms with Crippen LogP contribution in [0.5, 0.6) is 0 Å². The number of aryl methyl sites for hydroxylation is 2. The van der Waals surface area contributed by atoms with Gasteiger partial charge in [0, 0.05) is 56.4 Å². The molecule has 1 aromatic heterocycles. The maximum atomic E-state index is 5.80. The lowest BCUT2D eigenvalue weighted by molar-refractivity contribution is 0.0515. The van der Waals surface area contributed by atoms with Gasteiger partial charge >= 0.3 is 0 Å². The van der Waals surface area contributed by atoms with Crippen LogP contribution >= 0.6 is 0 Å². The summed E-state index contributed by atoms with van der Waals surface area (Å²) in [6.45, 7) is 10.5. The van der Waals surface area contributed by atoms with E-state index < -0.39 is 0 Å². The maximum Gasteiger partial charge on any atom is 0.0641 e. The van der Waals surface area contributed by atoms with Crippen LogP contribution in [0.25, 0.3) is 0 Å². The van der Waals surface area contributed by atoms with E-state index in [0.29, 0.717) is 12.0 Å². The molecule has 0 amide bonds. The van der Waals surface area contributed by atoms with E-state index in [1.807, 2.05) is 11.7 Å². The van der Waals surface area contributed by atoms with Crippen molar-refractivity contribution in [1.82, 2.24) is 19.6 Å². The molecule has 2 aliphatic heterocycles. The number of ether oxygens (including phenoxy) is 1. The summed E-state index contributed by atoms with van der Waals surface area (Å²) in [6.07, 6.45) is 0. The van der Waals surface area contributed by atoms with Crippen LogP contribution in [0.1, 0.15) is 17.0 Å². The van der Waals surface area contributed by atoms with Gasteiger partial charge < -0.3 is 4.74 Å². The molecule has 2 fully saturated rings. The molecule has 1 aromatic rings. The van der Waals surface area contributed by atoms with E-state index in [9.17, 15) is 0 Å². The predicted molar refractivity (Wildman–Crippen MR) is 78.7 cm³/mol. The van der Waals surface area contributed by atoms with Crippen LogP contribution in [-0.4, -0.2) is 65.5 Å². The lowest BCUT2D eigenvalue weighted by Crippen LogP contribution is -2.42. The van der Waals surface area contributed by atoms with E-state index in [1.54, 1.807) is 0 Å². The molecule has 0 unspecified atom stereocenters. The highest BCUT2D eigenvalue weighted by Gasteiger charge is 2.31.